The third-order valence-electron chi connectivity index (χ3n) is 4.08. The number of aliphatic carboxylic acids is 1. The number of carbonyl (C=O) groups is 2. The normalized spacial score (nSPS) is 8.94. The first-order valence-corrected chi connectivity index (χ1v) is 11.0. The maximum atomic E-state index is 11.3. The monoisotopic (exact) mass is 481 g/mol. The van der Waals surface area contributed by atoms with E-state index in [0.29, 0.717) is 5.56 Å². The number of aromatic nitrogens is 1. The summed E-state index contributed by atoms with van der Waals surface area (Å²) in [7, 11) is 0. The maximum Gasteiger partial charge on any atom is 0.322 e. The number of amides is 1. The van der Waals surface area contributed by atoms with E-state index in [9.17, 15) is 9.59 Å². The van der Waals surface area contributed by atoms with Crippen LogP contribution in [-0.4, -0.2) is 28.5 Å². The Kier molecular flexibility index (Phi) is 14.9. The number of terminal acetylenes is 1. The molecule has 3 N–H and O–H groups in total. The number of halogens is 1. The van der Waals surface area contributed by atoms with E-state index < -0.39 is 11.9 Å². The molecule has 180 valence electrons. The van der Waals surface area contributed by atoms with Gasteiger partial charge in [0.15, 0.2) is 0 Å². The summed E-state index contributed by atoms with van der Waals surface area (Å²) in [6, 6.07) is 15.8. The van der Waals surface area contributed by atoms with E-state index >= 15 is 0 Å². The van der Waals surface area contributed by atoms with Crippen molar-refractivity contribution in [1.29, 1.82) is 0 Å². The van der Waals surface area contributed by atoms with E-state index in [1.165, 1.54) is 11.8 Å². The number of benzene rings is 2. The summed E-state index contributed by atoms with van der Waals surface area (Å²) in [6.07, 6.45) is 11.0. The molecular formula is C27H32ClN3O3. The van der Waals surface area contributed by atoms with Crippen LogP contribution in [-0.2, 0) is 4.79 Å². The lowest BCUT2D eigenvalue weighted by Gasteiger charge is -2.11. The van der Waals surface area contributed by atoms with Crippen LogP contribution in [0.25, 0.3) is 0 Å². The van der Waals surface area contributed by atoms with Crippen LogP contribution in [0.15, 0.2) is 60.9 Å². The number of pyridine rings is 1. The molecule has 3 aromatic rings. The molecule has 7 heteroatoms. The van der Waals surface area contributed by atoms with Crippen molar-refractivity contribution in [3.8, 4) is 12.8 Å². The van der Waals surface area contributed by atoms with Crippen molar-refractivity contribution < 1.29 is 14.7 Å². The molecule has 0 fully saturated rings. The van der Waals surface area contributed by atoms with Crippen LogP contribution in [0.4, 0.5) is 11.4 Å². The minimum atomic E-state index is -1.07. The predicted octanol–water partition coefficient (Wildman–Crippen LogP) is 6.18. The number of nitrogens with zero attached hydrogens (tertiary/aromatic N) is 1. The fraction of sp³-hybridized carbons (Fsp3) is 0.222. The standard InChI is InChI=1S/C14H14ClN.C9H10N2O3.C2H6.C2H2/c1-10-6-8-12(9-7-10)16-14-11(2)4-3-5-13(14)15;1-6-2-7(4-10-3-6)9(14)11-5-8(12)13;2*1-2/h3-9,16H,1-2H3;2-4H,5H2,1H3,(H,11,14)(H,12,13);1-2H3;1-2H. The highest BCUT2D eigenvalue weighted by Crippen LogP contribution is 2.28. The quantitative estimate of drug-likeness (QED) is 0.378. The van der Waals surface area contributed by atoms with Crippen LogP contribution in [0.1, 0.15) is 40.9 Å². The number of anilines is 2. The molecule has 0 radical (unpaired) electrons. The molecule has 2 aromatic carbocycles. The molecule has 0 atom stereocenters. The van der Waals surface area contributed by atoms with Gasteiger partial charge in [-0.2, -0.15) is 0 Å². The molecule has 0 aliphatic heterocycles. The van der Waals surface area contributed by atoms with Crippen LogP contribution in [0.3, 0.4) is 0 Å². The first-order valence-electron chi connectivity index (χ1n) is 10.6. The zero-order valence-electron chi connectivity index (χ0n) is 20.2. The summed E-state index contributed by atoms with van der Waals surface area (Å²) in [6.45, 7) is 9.54. The molecule has 0 spiro atoms. The summed E-state index contributed by atoms with van der Waals surface area (Å²) in [5, 5.41) is 14.7. The van der Waals surface area contributed by atoms with Gasteiger partial charge in [-0.3, -0.25) is 14.6 Å². The molecule has 0 unspecified atom stereocenters. The van der Waals surface area contributed by atoms with Crippen LogP contribution < -0.4 is 10.6 Å². The SMILES string of the molecule is C#C.CC.Cc1ccc(Nc2c(C)cccc2Cl)cc1.Cc1cncc(C(=O)NCC(=O)O)c1. The highest BCUT2D eigenvalue weighted by Gasteiger charge is 2.07. The number of hydrogen-bond acceptors (Lipinski definition) is 4. The van der Waals surface area contributed by atoms with Gasteiger partial charge in [-0.25, -0.2) is 0 Å². The van der Waals surface area contributed by atoms with Gasteiger partial charge in [0, 0.05) is 18.1 Å². The number of hydrogen-bond donors (Lipinski definition) is 3. The average Bonchev–Trinajstić information content (AvgIpc) is 2.84. The number of carbonyl (C=O) groups excluding carboxylic acids is 1. The Labute approximate surface area is 207 Å². The molecule has 0 saturated carbocycles. The van der Waals surface area contributed by atoms with Gasteiger partial charge < -0.3 is 15.7 Å². The number of aryl methyl sites for hydroxylation is 3. The van der Waals surface area contributed by atoms with E-state index in [1.54, 1.807) is 19.2 Å². The molecule has 0 aliphatic rings. The fourth-order valence-electron chi connectivity index (χ4n) is 2.51. The summed E-state index contributed by atoms with van der Waals surface area (Å²) in [5.74, 6) is -1.50. The Bertz CT molecular complexity index is 1040. The number of para-hydroxylation sites is 1. The average molecular weight is 482 g/mol. The lowest BCUT2D eigenvalue weighted by molar-refractivity contribution is -0.135. The van der Waals surface area contributed by atoms with Gasteiger partial charge in [0.1, 0.15) is 6.54 Å². The molecule has 34 heavy (non-hydrogen) atoms. The van der Waals surface area contributed by atoms with Crippen molar-refractivity contribution in [2.45, 2.75) is 34.6 Å². The van der Waals surface area contributed by atoms with Crippen molar-refractivity contribution in [3.05, 3.63) is 88.2 Å². The van der Waals surface area contributed by atoms with Gasteiger partial charge in [-0.15, -0.1) is 12.8 Å². The van der Waals surface area contributed by atoms with E-state index in [0.717, 1.165) is 27.5 Å². The summed E-state index contributed by atoms with van der Waals surface area (Å²) in [4.78, 5) is 25.3. The number of carboxylic acids is 1. The second-order valence-corrected chi connectivity index (χ2v) is 7.16. The number of rotatable bonds is 5. The highest BCUT2D eigenvalue weighted by molar-refractivity contribution is 6.33. The Morgan fingerprint density at radius 3 is 2.12 bits per heavy atom. The molecule has 0 saturated heterocycles. The van der Waals surface area contributed by atoms with Crippen LogP contribution in [0.5, 0.6) is 0 Å². The molecule has 3 rings (SSSR count). The smallest absolute Gasteiger partial charge is 0.322 e. The summed E-state index contributed by atoms with van der Waals surface area (Å²) >= 11 is 6.15. The van der Waals surface area contributed by atoms with Crippen molar-refractivity contribution >= 4 is 34.9 Å². The molecule has 6 nitrogen and oxygen atoms in total. The van der Waals surface area contributed by atoms with Crippen LogP contribution >= 0.6 is 11.6 Å². The van der Waals surface area contributed by atoms with Gasteiger partial charge >= 0.3 is 5.97 Å². The molecule has 1 amide bonds. The van der Waals surface area contributed by atoms with Crippen molar-refractivity contribution in [2.24, 2.45) is 0 Å². The van der Waals surface area contributed by atoms with Crippen molar-refractivity contribution in [1.82, 2.24) is 10.3 Å². The number of nitrogens with one attached hydrogen (secondary N) is 2. The Hall–Kier alpha value is -3.82. The Morgan fingerprint density at radius 1 is 0.971 bits per heavy atom. The lowest BCUT2D eigenvalue weighted by atomic mass is 10.2. The molecular weight excluding hydrogens is 450 g/mol. The fourth-order valence-corrected chi connectivity index (χ4v) is 2.78. The largest absolute Gasteiger partial charge is 0.480 e. The lowest BCUT2D eigenvalue weighted by Crippen LogP contribution is -2.29. The van der Waals surface area contributed by atoms with E-state index in [1.807, 2.05) is 39.0 Å². The minimum Gasteiger partial charge on any atom is -0.480 e. The molecule has 0 bridgehead atoms. The second kappa shape index (κ2) is 16.8. The van der Waals surface area contributed by atoms with E-state index in [-0.39, 0.29) is 6.54 Å². The summed E-state index contributed by atoms with van der Waals surface area (Å²) in [5.41, 5.74) is 5.66. The molecule has 1 heterocycles. The number of carboxylic acid groups (broad SMARTS) is 1. The third-order valence-corrected chi connectivity index (χ3v) is 4.40. The maximum absolute atomic E-state index is 11.3. The van der Waals surface area contributed by atoms with Crippen molar-refractivity contribution in [3.63, 3.8) is 0 Å². The third kappa shape index (κ3) is 11.2. The Morgan fingerprint density at radius 2 is 1.59 bits per heavy atom. The van der Waals surface area contributed by atoms with Gasteiger partial charge in [0.25, 0.3) is 5.91 Å². The Balaban J connectivity index is 0.000000563. The van der Waals surface area contributed by atoms with E-state index in [4.69, 9.17) is 16.7 Å². The van der Waals surface area contributed by atoms with E-state index in [2.05, 4.69) is 59.7 Å². The summed E-state index contributed by atoms with van der Waals surface area (Å²) < 4.78 is 0. The molecule has 1 aromatic heterocycles. The van der Waals surface area contributed by atoms with Crippen LogP contribution in [0, 0.1) is 33.6 Å². The highest BCUT2D eigenvalue weighted by atomic mass is 35.5. The van der Waals surface area contributed by atoms with Crippen LogP contribution in [0.2, 0.25) is 5.02 Å². The van der Waals surface area contributed by atoms with Crippen molar-refractivity contribution in [2.75, 3.05) is 11.9 Å². The molecule has 0 aliphatic carbocycles. The zero-order valence-corrected chi connectivity index (χ0v) is 21.0. The zero-order chi connectivity index (χ0) is 26.1. The van der Waals surface area contributed by atoms with Gasteiger partial charge in [0.2, 0.25) is 0 Å². The predicted molar refractivity (Wildman–Crippen MR) is 141 cm³/mol. The first kappa shape index (κ1) is 30.2. The topological polar surface area (TPSA) is 91.3 Å². The minimum absolute atomic E-state index is 0.367. The van der Waals surface area contributed by atoms with Gasteiger partial charge in [-0.1, -0.05) is 55.3 Å². The van der Waals surface area contributed by atoms with Gasteiger partial charge in [0.05, 0.1) is 16.3 Å². The first-order chi connectivity index (χ1) is 16.3. The second-order valence-electron chi connectivity index (χ2n) is 6.75. The van der Waals surface area contributed by atoms with Gasteiger partial charge in [-0.05, 0) is 56.2 Å².